The van der Waals surface area contributed by atoms with Gasteiger partial charge in [0, 0.05) is 5.38 Å². The molecule has 0 saturated heterocycles. The lowest BCUT2D eigenvalue weighted by molar-refractivity contribution is -0.113. The number of aromatic nitrogens is 2. The van der Waals surface area contributed by atoms with Crippen LogP contribution in [0.1, 0.15) is 18.0 Å². The van der Waals surface area contributed by atoms with E-state index in [9.17, 15) is 4.79 Å². The first-order valence-corrected chi connectivity index (χ1v) is 8.60. The summed E-state index contributed by atoms with van der Waals surface area (Å²) in [6, 6.07) is 9.84. The smallest absolute Gasteiger partial charge is 0.234 e. The van der Waals surface area contributed by atoms with Gasteiger partial charge in [0.1, 0.15) is 5.82 Å². The van der Waals surface area contributed by atoms with Gasteiger partial charge in [0.05, 0.1) is 27.7 Å². The van der Waals surface area contributed by atoms with Crippen molar-refractivity contribution < 1.29 is 4.79 Å². The van der Waals surface area contributed by atoms with Gasteiger partial charge in [0.15, 0.2) is 0 Å². The molecular weight excluding hydrogens is 302 g/mol. The number of hydrogen-bond donors (Lipinski definition) is 2. The van der Waals surface area contributed by atoms with Crippen molar-refractivity contribution in [3.05, 3.63) is 46.9 Å². The lowest BCUT2D eigenvalue weighted by Crippen LogP contribution is -2.14. The first-order valence-electron chi connectivity index (χ1n) is 6.60. The summed E-state index contributed by atoms with van der Waals surface area (Å²) < 4.78 is 0. The predicted octanol–water partition coefficient (Wildman–Crippen LogP) is 4.06. The Morgan fingerprint density at radius 3 is 3.05 bits per heavy atom. The maximum Gasteiger partial charge on any atom is 0.234 e. The summed E-state index contributed by atoms with van der Waals surface area (Å²) in [6.07, 6.45) is 0. The number of thiophene rings is 1. The Morgan fingerprint density at radius 1 is 1.43 bits per heavy atom. The third-order valence-corrected chi connectivity index (χ3v) is 4.90. The molecule has 2 aromatic heterocycles. The van der Waals surface area contributed by atoms with Crippen LogP contribution in [0.4, 0.5) is 5.69 Å². The molecule has 108 valence electrons. The fourth-order valence-electron chi connectivity index (χ4n) is 1.98. The summed E-state index contributed by atoms with van der Waals surface area (Å²) in [7, 11) is 0. The second kappa shape index (κ2) is 6.32. The maximum atomic E-state index is 11.9. The number of aromatic amines is 1. The fourth-order valence-corrected chi connectivity index (χ4v) is 3.31. The molecule has 1 atom stereocenters. The van der Waals surface area contributed by atoms with Gasteiger partial charge >= 0.3 is 0 Å². The minimum Gasteiger partial charge on any atom is -0.341 e. The molecule has 0 aliphatic carbocycles. The maximum absolute atomic E-state index is 11.9. The number of amides is 1. The number of carbonyl (C=O) groups is 1. The van der Waals surface area contributed by atoms with Crippen molar-refractivity contribution in [3.8, 4) is 0 Å². The number of rotatable bonds is 5. The number of nitrogens with one attached hydrogen (secondary N) is 2. The molecule has 0 aliphatic rings. The largest absolute Gasteiger partial charge is 0.341 e. The highest BCUT2D eigenvalue weighted by atomic mass is 32.2. The minimum atomic E-state index is 0.0151. The van der Waals surface area contributed by atoms with Crippen LogP contribution in [0, 0.1) is 0 Å². The van der Waals surface area contributed by atoms with E-state index in [1.54, 1.807) is 23.1 Å². The van der Waals surface area contributed by atoms with Crippen LogP contribution in [-0.4, -0.2) is 21.6 Å². The molecular formula is C15H15N3OS2. The molecule has 0 bridgehead atoms. The summed E-state index contributed by atoms with van der Waals surface area (Å²) in [4.78, 5) is 19.7. The van der Waals surface area contributed by atoms with Crippen LogP contribution in [0.3, 0.4) is 0 Å². The predicted molar refractivity (Wildman–Crippen MR) is 89.9 cm³/mol. The molecule has 0 saturated carbocycles. The van der Waals surface area contributed by atoms with Gasteiger partial charge in [-0.15, -0.1) is 11.8 Å². The number of thioether (sulfide) groups is 1. The summed E-state index contributed by atoms with van der Waals surface area (Å²) >= 11 is 3.14. The van der Waals surface area contributed by atoms with E-state index in [1.807, 2.05) is 41.1 Å². The number of hydrogen-bond acceptors (Lipinski definition) is 4. The van der Waals surface area contributed by atoms with Crippen LogP contribution in [0.25, 0.3) is 11.0 Å². The van der Waals surface area contributed by atoms with E-state index in [-0.39, 0.29) is 11.2 Å². The number of H-pyrrole nitrogens is 1. The van der Waals surface area contributed by atoms with Gasteiger partial charge in [-0.2, -0.15) is 11.3 Å². The van der Waals surface area contributed by atoms with Crippen LogP contribution >= 0.6 is 23.1 Å². The van der Waals surface area contributed by atoms with Gasteiger partial charge in [0.25, 0.3) is 0 Å². The Kier molecular flexibility index (Phi) is 4.26. The molecule has 6 heteroatoms. The lowest BCUT2D eigenvalue weighted by Gasteiger charge is -2.08. The third kappa shape index (κ3) is 3.46. The third-order valence-electron chi connectivity index (χ3n) is 3.06. The van der Waals surface area contributed by atoms with Crippen LogP contribution in [0.2, 0.25) is 0 Å². The van der Waals surface area contributed by atoms with Crippen molar-refractivity contribution >= 4 is 45.7 Å². The number of imidazole rings is 1. The van der Waals surface area contributed by atoms with Gasteiger partial charge in [-0.25, -0.2) is 4.98 Å². The average molecular weight is 317 g/mol. The number of nitrogens with zero attached hydrogens (tertiary/aromatic N) is 1. The SMILES string of the molecule is C[C@H](SCC(=O)Nc1ccsc1)c1nc2ccccc2[nH]1. The average Bonchev–Trinajstić information content (AvgIpc) is 3.13. The molecule has 1 amide bonds. The summed E-state index contributed by atoms with van der Waals surface area (Å²) in [5, 5.41) is 6.89. The van der Waals surface area contributed by atoms with Crippen molar-refractivity contribution in [3.63, 3.8) is 0 Å². The van der Waals surface area contributed by atoms with Crippen molar-refractivity contribution in [2.24, 2.45) is 0 Å². The highest BCUT2D eigenvalue weighted by Crippen LogP contribution is 2.27. The van der Waals surface area contributed by atoms with Crippen molar-refractivity contribution in [2.75, 3.05) is 11.1 Å². The second-order valence-corrected chi connectivity index (χ2v) is 6.76. The molecule has 0 aliphatic heterocycles. The number of fused-ring (bicyclic) bond motifs is 1. The van der Waals surface area contributed by atoms with Crippen LogP contribution < -0.4 is 5.32 Å². The standard InChI is InChI=1S/C15H15N3OS2/c1-10(15-17-12-4-2-3-5-13(12)18-15)21-9-14(19)16-11-6-7-20-8-11/h2-8,10H,9H2,1H3,(H,16,19)(H,17,18)/t10-/m0/s1. The van der Waals surface area contributed by atoms with Gasteiger partial charge in [0.2, 0.25) is 5.91 Å². The Hall–Kier alpha value is -1.79. The number of benzene rings is 1. The van der Waals surface area contributed by atoms with E-state index in [0.29, 0.717) is 5.75 Å². The molecule has 0 spiro atoms. The highest BCUT2D eigenvalue weighted by molar-refractivity contribution is 8.00. The van der Waals surface area contributed by atoms with Crippen LogP contribution in [0.5, 0.6) is 0 Å². The topological polar surface area (TPSA) is 57.8 Å². The molecule has 3 rings (SSSR count). The number of anilines is 1. The fraction of sp³-hybridized carbons (Fsp3) is 0.200. The van der Waals surface area contributed by atoms with Crippen LogP contribution in [0.15, 0.2) is 41.1 Å². The molecule has 2 heterocycles. The molecule has 4 nitrogen and oxygen atoms in total. The molecule has 0 radical (unpaired) electrons. The Bertz CT molecular complexity index is 703. The quantitative estimate of drug-likeness (QED) is 0.746. The summed E-state index contributed by atoms with van der Waals surface area (Å²) in [5.74, 6) is 1.33. The van der Waals surface area contributed by atoms with E-state index in [0.717, 1.165) is 22.5 Å². The van der Waals surface area contributed by atoms with E-state index < -0.39 is 0 Å². The van der Waals surface area contributed by atoms with E-state index >= 15 is 0 Å². The second-order valence-electron chi connectivity index (χ2n) is 4.65. The van der Waals surface area contributed by atoms with Gasteiger partial charge in [-0.1, -0.05) is 12.1 Å². The van der Waals surface area contributed by atoms with Crippen LogP contribution in [-0.2, 0) is 4.79 Å². The summed E-state index contributed by atoms with van der Waals surface area (Å²) in [6.45, 7) is 2.06. The zero-order chi connectivity index (χ0) is 14.7. The molecule has 3 aromatic rings. The van der Waals surface area contributed by atoms with Gasteiger partial charge in [-0.3, -0.25) is 4.79 Å². The van der Waals surface area contributed by atoms with Crippen molar-refractivity contribution in [2.45, 2.75) is 12.2 Å². The zero-order valence-electron chi connectivity index (χ0n) is 11.5. The van der Waals surface area contributed by atoms with Crippen molar-refractivity contribution in [1.29, 1.82) is 0 Å². The van der Waals surface area contributed by atoms with Gasteiger partial charge < -0.3 is 10.3 Å². The highest BCUT2D eigenvalue weighted by Gasteiger charge is 2.13. The summed E-state index contributed by atoms with van der Waals surface area (Å²) in [5.41, 5.74) is 2.85. The van der Waals surface area contributed by atoms with E-state index in [4.69, 9.17) is 0 Å². The van der Waals surface area contributed by atoms with E-state index in [2.05, 4.69) is 22.2 Å². The molecule has 0 unspecified atom stereocenters. The Labute approximate surface area is 131 Å². The normalized spacial score (nSPS) is 12.4. The number of para-hydroxylation sites is 2. The molecule has 21 heavy (non-hydrogen) atoms. The van der Waals surface area contributed by atoms with Crippen molar-refractivity contribution in [1.82, 2.24) is 9.97 Å². The monoisotopic (exact) mass is 317 g/mol. The first-order chi connectivity index (χ1) is 10.2. The Morgan fingerprint density at radius 2 is 2.29 bits per heavy atom. The molecule has 2 N–H and O–H groups in total. The molecule has 0 fully saturated rings. The van der Waals surface area contributed by atoms with Gasteiger partial charge in [-0.05, 0) is 30.5 Å². The minimum absolute atomic E-state index is 0.0151. The Balaban J connectivity index is 1.58. The molecule has 1 aromatic carbocycles. The number of carbonyl (C=O) groups excluding carboxylic acids is 1. The van der Waals surface area contributed by atoms with E-state index in [1.165, 1.54) is 0 Å². The lowest BCUT2D eigenvalue weighted by atomic mass is 10.3. The zero-order valence-corrected chi connectivity index (χ0v) is 13.1. The first kappa shape index (κ1) is 14.2.